The summed E-state index contributed by atoms with van der Waals surface area (Å²) in [6.45, 7) is 3.98. The van der Waals surface area contributed by atoms with Crippen molar-refractivity contribution < 1.29 is 19.1 Å². The Morgan fingerprint density at radius 2 is 1.78 bits per heavy atom. The van der Waals surface area contributed by atoms with Gasteiger partial charge in [-0.15, -0.1) is 0 Å². The number of carbonyl (C=O) groups is 2. The molecule has 6 heteroatoms. The van der Waals surface area contributed by atoms with E-state index in [2.05, 4.69) is 5.32 Å². The second-order valence-electron chi connectivity index (χ2n) is 5.87. The van der Waals surface area contributed by atoms with E-state index in [0.29, 0.717) is 18.8 Å². The van der Waals surface area contributed by atoms with E-state index in [9.17, 15) is 9.59 Å². The van der Waals surface area contributed by atoms with Crippen LogP contribution in [0.3, 0.4) is 0 Å². The molecule has 0 fully saturated rings. The van der Waals surface area contributed by atoms with Crippen molar-refractivity contribution in [3.8, 4) is 5.75 Å². The predicted molar refractivity (Wildman–Crippen MR) is 88.1 cm³/mol. The topological polar surface area (TPSA) is 90.6 Å². The lowest BCUT2D eigenvalue weighted by molar-refractivity contribution is -0.145. The molecule has 2 unspecified atom stereocenters. The molecule has 1 aromatic carbocycles. The second-order valence-corrected chi connectivity index (χ2v) is 5.87. The zero-order chi connectivity index (χ0) is 17.4. The SMILES string of the molecule is COC(=O)C(Cc1ccc(OC)cc1)NC(=O)C(N)CC(C)C. The number of hydrogen-bond donors (Lipinski definition) is 2. The molecular weight excluding hydrogens is 296 g/mol. The summed E-state index contributed by atoms with van der Waals surface area (Å²) in [6.07, 6.45) is 0.888. The lowest BCUT2D eigenvalue weighted by Crippen LogP contribution is -2.50. The highest BCUT2D eigenvalue weighted by molar-refractivity contribution is 5.87. The average Bonchev–Trinajstić information content (AvgIpc) is 2.53. The van der Waals surface area contributed by atoms with Crippen LogP contribution in [0.4, 0.5) is 0 Å². The molecule has 0 heterocycles. The van der Waals surface area contributed by atoms with Crippen LogP contribution in [0, 0.1) is 5.92 Å². The van der Waals surface area contributed by atoms with E-state index in [1.165, 1.54) is 7.11 Å². The van der Waals surface area contributed by atoms with Crippen LogP contribution in [-0.4, -0.2) is 38.2 Å². The number of nitrogens with one attached hydrogen (secondary N) is 1. The Hall–Kier alpha value is -2.08. The molecule has 1 rings (SSSR count). The van der Waals surface area contributed by atoms with Crippen LogP contribution in [0.15, 0.2) is 24.3 Å². The van der Waals surface area contributed by atoms with Crippen molar-refractivity contribution >= 4 is 11.9 Å². The second kappa shape index (κ2) is 9.15. The van der Waals surface area contributed by atoms with Gasteiger partial charge in [-0.05, 0) is 30.0 Å². The van der Waals surface area contributed by atoms with E-state index >= 15 is 0 Å². The molecule has 3 N–H and O–H groups in total. The minimum absolute atomic E-state index is 0.300. The fraction of sp³-hybridized carbons (Fsp3) is 0.529. The van der Waals surface area contributed by atoms with Gasteiger partial charge < -0.3 is 20.5 Å². The number of benzene rings is 1. The third kappa shape index (κ3) is 6.28. The van der Waals surface area contributed by atoms with Crippen molar-refractivity contribution in [3.63, 3.8) is 0 Å². The van der Waals surface area contributed by atoms with Gasteiger partial charge in [-0.3, -0.25) is 4.79 Å². The third-order valence-electron chi connectivity index (χ3n) is 3.46. The van der Waals surface area contributed by atoms with Gasteiger partial charge >= 0.3 is 5.97 Å². The third-order valence-corrected chi connectivity index (χ3v) is 3.46. The van der Waals surface area contributed by atoms with E-state index in [-0.39, 0.29) is 5.91 Å². The largest absolute Gasteiger partial charge is 0.497 e. The first-order chi connectivity index (χ1) is 10.9. The van der Waals surface area contributed by atoms with Crippen LogP contribution in [-0.2, 0) is 20.7 Å². The highest BCUT2D eigenvalue weighted by Gasteiger charge is 2.25. The standard InChI is InChI=1S/C17H26N2O4/c1-11(2)9-14(18)16(20)19-15(17(21)23-4)10-12-5-7-13(22-3)8-6-12/h5-8,11,14-15H,9-10,18H2,1-4H3,(H,19,20). The highest BCUT2D eigenvalue weighted by Crippen LogP contribution is 2.13. The summed E-state index contributed by atoms with van der Waals surface area (Å²) in [5.74, 6) is 0.189. The molecule has 0 aromatic heterocycles. The van der Waals surface area contributed by atoms with Crippen LogP contribution in [0.25, 0.3) is 0 Å². The summed E-state index contributed by atoms with van der Waals surface area (Å²) in [6, 6.07) is 5.88. The van der Waals surface area contributed by atoms with Gasteiger partial charge in [0.15, 0.2) is 0 Å². The van der Waals surface area contributed by atoms with Gasteiger partial charge in [-0.1, -0.05) is 26.0 Å². The number of amides is 1. The first kappa shape index (κ1) is 19.0. The van der Waals surface area contributed by atoms with Crippen molar-refractivity contribution in [1.82, 2.24) is 5.32 Å². The maximum absolute atomic E-state index is 12.1. The van der Waals surface area contributed by atoms with Crippen LogP contribution < -0.4 is 15.8 Å². The fourth-order valence-electron chi connectivity index (χ4n) is 2.23. The number of rotatable bonds is 8. The number of esters is 1. The average molecular weight is 322 g/mol. The first-order valence-electron chi connectivity index (χ1n) is 7.64. The van der Waals surface area contributed by atoms with Crippen molar-refractivity contribution in [3.05, 3.63) is 29.8 Å². The molecule has 0 aliphatic carbocycles. The maximum atomic E-state index is 12.1. The van der Waals surface area contributed by atoms with E-state index in [0.717, 1.165) is 11.3 Å². The zero-order valence-corrected chi connectivity index (χ0v) is 14.2. The van der Waals surface area contributed by atoms with Crippen molar-refractivity contribution in [1.29, 1.82) is 0 Å². The molecule has 0 saturated heterocycles. The summed E-state index contributed by atoms with van der Waals surface area (Å²) >= 11 is 0. The van der Waals surface area contributed by atoms with Crippen molar-refractivity contribution in [2.75, 3.05) is 14.2 Å². The van der Waals surface area contributed by atoms with Crippen molar-refractivity contribution in [2.45, 2.75) is 38.8 Å². The van der Waals surface area contributed by atoms with E-state index < -0.39 is 18.1 Å². The van der Waals surface area contributed by atoms with Gasteiger partial charge in [-0.25, -0.2) is 4.79 Å². The Morgan fingerprint density at radius 1 is 1.17 bits per heavy atom. The van der Waals surface area contributed by atoms with Crippen LogP contribution in [0.2, 0.25) is 0 Å². The van der Waals surface area contributed by atoms with Gasteiger partial charge in [0, 0.05) is 6.42 Å². The molecule has 0 spiro atoms. The molecule has 6 nitrogen and oxygen atoms in total. The fourth-order valence-corrected chi connectivity index (χ4v) is 2.23. The number of methoxy groups -OCH3 is 2. The van der Waals surface area contributed by atoms with E-state index in [1.54, 1.807) is 19.2 Å². The summed E-state index contributed by atoms with van der Waals surface area (Å²) in [5.41, 5.74) is 6.75. The molecule has 0 aliphatic heterocycles. The Balaban J connectivity index is 2.75. The molecule has 0 bridgehead atoms. The number of hydrogen-bond acceptors (Lipinski definition) is 5. The molecule has 0 aliphatic rings. The molecular formula is C17H26N2O4. The summed E-state index contributed by atoms with van der Waals surface area (Å²) < 4.78 is 9.87. The maximum Gasteiger partial charge on any atom is 0.328 e. The minimum atomic E-state index is -0.765. The monoisotopic (exact) mass is 322 g/mol. The molecule has 1 aromatic rings. The molecule has 0 saturated carbocycles. The molecule has 128 valence electrons. The van der Waals surface area contributed by atoms with Crippen molar-refractivity contribution in [2.24, 2.45) is 11.7 Å². The van der Waals surface area contributed by atoms with Crippen LogP contribution in [0.1, 0.15) is 25.8 Å². The van der Waals surface area contributed by atoms with Gasteiger partial charge in [0.2, 0.25) is 5.91 Å². The molecule has 2 atom stereocenters. The zero-order valence-electron chi connectivity index (χ0n) is 14.2. The Morgan fingerprint density at radius 3 is 2.26 bits per heavy atom. The quantitative estimate of drug-likeness (QED) is 0.703. The van der Waals surface area contributed by atoms with Gasteiger partial charge in [0.25, 0.3) is 0 Å². The summed E-state index contributed by atoms with van der Waals surface area (Å²) in [7, 11) is 2.88. The number of ether oxygens (including phenoxy) is 2. The normalized spacial score (nSPS) is 13.3. The predicted octanol–water partition coefficient (Wildman–Crippen LogP) is 1.27. The van der Waals surface area contributed by atoms with Gasteiger partial charge in [0.1, 0.15) is 11.8 Å². The molecule has 23 heavy (non-hydrogen) atoms. The van der Waals surface area contributed by atoms with Gasteiger partial charge in [0.05, 0.1) is 20.3 Å². The minimum Gasteiger partial charge on any atom is -0.497 e. The highest BCUT2D eigenvalue weighted by atomic mass is 16.5. The lowest BCUT2D eigenvalue weighted by Gasteiger charge is -2.20. The van der Waals surface area contributed by atoms with E-state index in [4.69, 9.17) is 15.2 Å². The molecule has 0 radical (unpaired) electrons. The van der Waals surface area contributed by atoms with Gasteiger partial charge in [-0.2, -0.15) is 0 Å². The Labute approximate surface area is 137 Å². The number of carbonyl (C=O) groups excluding carboxylic acids is 2. The van der Waals surface area contributed by atoms with E-state index in [1.807, 2.05) is 26.0 Å². The molecule has 1 amide bonds. The first-order valence-corrected chi connectivity index (χ1v) is 7.64. The lowest BCUT2D eigenvalue weighted by atomic mass is 10.0. The van der Waals surface area contributed by atoms with Crippen LogP contribution in [0.5, 0.6) is 5.75 Å². The Bertz CT molecular complexity index is 514. The van der Waals surface area contributed by atoms with Crippen LogP contribution >= 0.6 is 0 Å². The Kier molecular flexibility index (Phi) is 7.54. The summed E-state index contributed by atoms with van der Waals surface area (Å²) in [4.78, 5) is 24.1. The summed E-state index contributed by atoms with van der Waals surface area (Å²) in [5, 5.41) is 2.68. The number of nitrogens with two attached hydrogens (primary N) is 1. The smallest absolute Gasteiger partial charge is 0.328 e.